The van der Waals surface area contributed by atoms with Gasteiger partial charge in [0.25, 0.3) is 0 Å². The van der Waals surface area contributed by atoms with Gasteiger partial charge >= 0.3 is 0 Å². The van der Waals surface area contributed by atoms with Gasteiger partial charge in [0.2, 0.25) is 0 Å². The summed E-state index contributed by atoms with van der Waals surface area (Å²) in [6.07, 6.45) is 11.6. The number of allylic oxidation sites excluding steroid dienone is 2. The summed E-state index contributed by atoms with van der Waals surface area (Å²) >= 11 is 0. The molecule has 0 spiro atoms. The summed E-state index contributed by atoms with van der Waals surface area (Å²) in [5.74, 6) is 0.398. The molecule has 0 saturated carbocycles. The van der Waals surface area contributed by atoms with Crippen LogP contribution >= 0.6 is 0 Å². The molecule has 2 rings (SSSR count). The third-order valence-electron chi connectivity index (χ3n) is 5.39. The molecule has 2 atom stereocenters. The van der Waals surface area contributed by atoms with Gasteiger partial charge in [-0.05, 0) is 60.3 Å². The zero-order chi connectivity index (χ0) is 17.0. The lowest BCUT2D eigenvalue weighted by Crippen LogP contribution is -2.51. The molecule has 0 saturated heterocycles. The van der Waals surface area contributed by atoms with Gasteiger partial charge in [-0.15, -0.1) is 0 Å². The Morgan fingerprint density at radius 3 is 2.09 bits per heavy atom. The second-order valence-electron chi connectivity index (χ2n) is 6.70. The van der Waals surface area contributed by atoms with Gasteiger partial charge in [-0.1, -0.05) is 58.1 Å². The van der Waals surface area contributed by atoms with Crippen LogP contribution in [-0.4, -0.2) is 5.54 Å². The molecule has 0 fully saturated rings. The summed E-state index contributed by atoms with van der Waals surface area (Å²) in [6, 6.07) is 4.53. The molecule has 1 aliphatic carbocycles. The number of rotatable bonds is 6. The minimum absolute atomic E-state index is 0.273. The molecule has 0 aromatic heterocycles. The van der Waals surface area contributed by atoms with E-state index >= 15 is 0 Å². The summed E-state index contributed by atoms with van der Waals surface area (Å²) < 4.78 is 0. The van der Waals surface area contributed by atoms with Crippen LogP contribution in [0.1, 0.15) is 57.2 Å². The molecule has 126 valence electrons. The van der Waals surface area contributed by atoms with Crippen LogP contribution < -0.4 is 11.5 Å². The Hall–Kier alpha value is -1.54. The van der Waals surface area contributed by atoms with Crippen LogP contribution in [0.4, 0.5) is 5.69 Å². The fourth-order valence-corrected chi connectivity index (χ4v) is 3.94. The van der Waals surface area contributed by atoms with Gasteiger partial charge in [0.1, 0.15) is 0 Å². The monoisotopic (exact) mass is 312 g/mol. The predicted octanol–water partition coefficient (Wildman–Crippen LogP) is 4.57. The Balaban J connectivity index is 2.43. The number of nitrogens with two attached hydrogens (primary N) is 2. The SMILES string of the molecule is CCC1=CC=CC(CC)C1(N)Cc1cc(CC)c(N)c(CC)c1. The highest BCUT2D eigenvalue weighted by molar-refractivity contribution is 5.56. The van der Waals surface area contributed by atoms with Crippen LogP contribution in [0.3, 0.4) is 0 Å². The van der Waals surface area contributed by atoms with Gasteiger partial charge in [-0.3, -0.25) is 0 Å². The van der Waals surface area contributed by atoms with Crippen molar-refractivity contribution in [1.82, 2.24) is 0 Å². The van der Waals surface area contributed by atoms with E-state index in [1.54, 1.807) is 0 Å². The fourth-order valence-electron chi connectivity index (χ4n) is 3.94. The first kappa shape index (κ1) is 17.8. The van der Waals surface area contributed by atoms with Crippen molar-refractivity contribution in [2.24, 2.45) is 11.7 Å². The molecular formula is C21H32N2. The largest absolute Gasteiger partial charge is 0.398 e. The van der Waals surface area contributed by atoms with Crippen molar-refractivity contribution in [3.8, 4) is 0 Å². The van der Waals surface area contributed by atoms with Crippen molar-refractivity contribution in [2.75, 3.05) is 5.73 Å². The Morgan fingerprint density at radius 2 is 1.61 bits per heavy atom. The number of benzene rings is 1. The summed E-state index contributed by atoms with van der Waals surface area (Å²) in [7, 11) is 0. The second-order valence-corrected chi connectivity index (χ2v) is 6.70. The summed E-state index contributed by atoms with van der Waals surface area (Å²) in [5, 5.41) is 0. The first-order chi connectivity index (χ1) is 11.0. The van der Waals surface area contributed by atoms with Gasteiger partial charge < -0.3 is 11.5 Å². The van der Waals surface area contributed by atoms with Crippen molar-refractivity contribution < 1.29 is 0 Å². The molecule has 23 heavy (non-hydrogen) atoms. The molecule has 0 radical (unpaired) electrons. The van der Waals surface area contributed by atoms with Crippen molar-refractivity contribution in [3.05, 3.63) is 52.6 Å². The Bertz CT molecular complexity index is 587. The van der Waals surface area contributed by atoms with Crippen LogP contribution in [0, 0.1) is 5.92 Å². The lowest BCUT2D eigenvalue weighted by molar-refractivity contribution is 0.350. The number of aryl methyl sites for hydroxylation is 2. The molecule has 1 aliphatic rings. The maximum atomic E-state index is 6.97. The van der Waals surface area contributed by atoms with Crippen LogP contribution in [0.15, 0.2) is 35.9 Å². The predicted molar refractivity (Wildman–Crippen MR) is 102 cm³/mol. The van der Waals surface area contributed by atoms with Gasteiger partial charge in [0.15, 0.2) is 0 Å². The molecule has 1 aromatic carbocycles. The summed E-state index contributed by atoms with van der Waals surface area (Å²) in [6.45, 7) is 8.77. The molecule has 2 unspecified atom stereocenters. The number of hydrogen-bond acceptors (Lipinski definition) is 2. The van der Waals surface area contributed by atoms with Crippen LogP contribution in [0.2, 0.25) is 0 Å². The number of nitrogen functional groups attached to an aromatic ring is 1. The molecule has 0 amide bonds. The Morgan fingerprint density at radius 1 is 1.00 bits per heavy atom. The van der Waals surface area contributed by atoms with Crippen molar-refractivity contribution in [2.45, 2.75) is 65.3 Å². The molecule has 2 nitrogen and oxygen atoms in total. The van der Waals surface area contributed by atoms with Gasteiger partial charge in [0, 0.05) is 11.2 Å². The van der Waals surface area contributed by atoms with Crippen molar-refractivity contribution in [1.29, 1.82) is 0 Å². The van der Waals surface area contributed by atoms with E-state index in [-0.39, 0.29) is 5.54 Å². The van der Waals surface area contributed by atoms with E-state index in [0.29, 0.717) is 5.92 Å². The zero-order valence-corrected chi connectivity index (χ0v) is 15.2. The molecule has 0 aliphatic heterocycles. The Kier molecular flexibility index (Phi) is 5.69. The molecule has 0 bridgehead atoms. The van der Waals surface area contributed by atoms with E-state index in [1.165, 1.54) is 22.3 Å². The van der Waals surface area contributed by atoms with Crippen LogP contribution in [-0.2, 0) is 19.3 Å². The first-order valence-corrected chi connectivity index (χ1v) is 9.06. The van der Waals surface area contributed by atoms with E-state index in [2.05, 4.69) is 58.1 Å². The van der Waals surface area contributed by atoms with Crippen LogP contribution in [0.5, 0.6) is 0 Å². The van der Waals surface area contributed by atoms with E-state index in [0.717, 1.165) is 37.8 Å². The third-order valence-corrected chi connectivity index (χ3v) is 5.39. The van der Waals surface area contributed by atoms with Crippen LogP contribution in [0.25, 0.3) is 0 Å². The van der Waals surface area contributed by atoms with E-state index in [9.17, 15) is 0 Å². The Labute approximate surface area is 141 Å². The fraction of sp³-hybridized carbons (Fsp3) is 0.524. The average molecular weight is 313 g/mol. The summed E-state index contributed by atoms with van der Waals surface area (Å²) in [4.78, 5) is 0. The highest BCUT2D eigenvalue weighted by atomic mass is 14.8. The van der Waals surface area contributed by atoms with Crippen molar-refractivity contribution >= 4 is 5.69 Å². The maximum Gasteiger partial charge on any atom is 0.0476 e. The van der Waals surface area contributed by atoms with Gasteiger partial charge in [0.05, 0.1) is 0 Å². The highest BCUT2D eigenvalue weighted by Crippen LogP contribution is 2.36. The second kappa shape index (κ2) is 7.35. The molecule has 1 aromatic rings. The molecule has 2 heteroatoms. The minimum atomic E-state index is -0.273. The number of hydrogen-bond donors (Lipinski definition) is 2. The van der Waals surface area contributed by atoms with Gasteiger partial charge in [-0.2, -0.15) is 0 Å². The smallest absolute Gasteiger partial charge is 0.0476 e. The van der Waals surface area contributed by atoms with Gasteiger partial charge in [-0.25, -0.2) is 0 Å². The standard InChI is InChI=1S/C21H32N2/c1-5-16-12-15(13-17(6-2)20(16)22)14-21(23)18(7-3)10-9-11-19(21)8-4/h9-13,18H,5-8,14,22-23H2,1-4H3. The zero-order valence-electron chi connectivity index (χ0n) is 15.2. The van der Waals surface area contributed by atoms with E-state index in [4.69, 9.17) is 11.5 Å². The van der Waals surface area contributed by atoms with E-state index in [1.807, 2.05) is 0 Å². The normalized spacial score (nSPS) is 23.9. The first-order valence-electron chi connectivity index (χ1n) is 9.06. The van der Waals surface area contributed by atoms with E-state index < -0.39 is 0 Å². The number of anilines is 1. The average Bonchev–Trinajstić information content (AvgIpc) is 2.56. The maximum absolute atomic E-state index is 6.97. The van der Waals surface area contributed by atoms with Crippen molar-refractivity contribution in [3.63, 3.8) is 0 Å². The topological polar surface area (TPSA) is 52.0 Å². The minimum Gasteiger partial charge on any atom is -0.398 e. The lowest BCUT2D eigenvalue weighted by atomic mass is 9.69. The lowest BCUT2D eigenvalue weighted by Gasteiger charge is -2.40. The summed E-state index contributed by atoms with van der Waals surface area (Å²) in [5.41, 5.74) is 19.1. The third kappa shape index (κ3) is 3.37. The molecule has 4 N–H and O–H groups in total. The quantitative estimate of drug-likeness (QED) is 0.756. The molecule has 0 heterocycles. The highest BCUT2D eigenvalue weighted by Gasteiger charge is 2.36. The molecular weight excluding hydrogens is 280 g/mol.